The minimum atomic E-state index is 0.847. The highest BCUT2D eigenvalue weighted by molar-refractivity contribution is 5.77. The molecule has 4 nitrogen and oxygen atoms in total. The second-order valence-corrected chi connectivity index (χ2v) is 3.75. The topological polar surface area (TPSA) is 42.7 Å². The fourth-order valence-electron chi connectivity index (χ4n) is 1.87. The molecule has 0 radical (unpaired) electrons. The molecule has 17 heavy (non-hydrogen) atoms. The van der Waals surface area contributed by atoms with Gasteiger partial charge in [-0.3, -0.25) is 4.57 Å². The van der Waals surface area contributed by atoms with E-state index in [1.54, 1.807) is 6.20 Å². The molecule has 84 valence electrons. The van der Waals surface area contributed by atoms with E-state index in [1.165, 1.54) is 0 Å². The number of benzene rings is 1. The molecule has 2 heterocycles. The van der Waals surface area contributed by atoms with Crippen LogP contribution in [0, 0.1) is 0 Å². The van der Waals surface area contributed by atoms with Crippen molar-refractivity contribution in [3.05, 3.63) is 48.9 Å². The Hall–Kier alpha value is -2.36. The van der Waals surface area contributed by atoms with E-state index < -0.39 is 0 Å². The SMILES string of the molecule is CNc1cc(-n2cnc3ccccc32)ccn1. The number of fused-ring (bicyclic) bond motifs is 1. The first kappa shape index (κ1) is 9.84. The molecule has 4 heteroatoms. The van der Waals surface area contributed by atoms with Crippen LogP contribution in [-0.2, 0) is 0 Å². The van der Waals surface area contributed by atoms with Gasteiger partial charge in [-0.1, -0.05) is 12.1 Å². The molecule has 0 atom stereocenters. The van der Waals surface area contributed by atoms with Crippen LogP contribution in [0.3, 0.4) is 0 Å². The molecule has 0 aliphatic rings. The Balaban J connectivity index is 2.20. The third-order valence-electron chi connectivity index (χ3n) is 2.73. The zero-order valence-corrected chi connectivity index (χ0v) is 9.46. The van der Waals surface area contributed by atoms with Gasteiger partial charge in [0.2, 0.25) is 0 Å². The van der Waals surface area contributed by atoms with Crippen molar-refractivity contribution in [1.82, 2.24) is 14.5 Å². The number of aromatic nitrogens is 3. The van der Waals surface area contributed by atoms with Crippen molar-refractivity contribution < 1.29 is 0 Å². The number of rotatable bonds is 2. The summed E-state index contributed by atoms with van der Waals surface area (Å²) in [5, 5.41) is 3.03. The van der Waals surface area contributed by atoms with E-state index in [0.717, 1.165) is 22.5 Å². The Labute approximate surface area is 98.9 Å². The summed E-state index contributed by atoms with van der Waals surface area (Å²) >= 11 is 0. The zero-order chi connectivity index (χ0) is 11.7. The lowest BCUT2D eigenvalue weighted by Gasteiger charge is -2.05. The van der Waals surface area contributed by atoms with Gasteiger partial charge < -0.3 is 5.32 Å². The van der Waals surface area contributed by atoms with Crippen LogP contribution in [0.15, 0.2) is 48.9 Å². The highest BCUT2D eigenvalue weighted by Gasteiger charge is 2.04. The zero-order valence-electron chi connectivity index (χ0n) is 9.46. The van der Waals surface area contributed by atoms with Crippen molar-refractivity contribution in [1.29, 1.82) is 0 Å². The minimum Gasteiger partial charge on any atom is -0.373 e. The van der Waals surface area contributed by atoms with Crippen molar-refractivity contribution >= 4 is 16.9 Å². The van der Waals surface area contributed by atoms with Gasteiger partial charge in [0.05, 0.1) is 16.7 Å². The fraction of sp³-hybridized carbons (Fsp3) is 0.0769. The summed E-state index contributed by atoms with van der Waals surface area (Å²) in [6.45, 7) is 0. The number of nitrogens with zero attached hydrogens (tertiary/aromatic N) is 3. The number of anilines is 1. The fourth-order valence-corrected chi connectivity index (χ4v) is 1.87. The normalized spacial score (nSPS) is 10.6. The van der Waals surface area contributed by atoms with Crippen LogP contribution in [0.5, 0.6) is 0 Å². The Morgan fingerprint density at radius 3 is 2.88 bits per heavy atom. The van der Waals surface area contributed by atoms with E-state index in [9.17, 15) is 0 Å². The maximum absolute atomic E-state index is 4.37. The molecule has 1 N–H and O–H groups in total. The summed E-state index contributed by atoms with van der Waals surface area (Å²) < 4.78 is 2.05. The molecule has 0 spiro atoms. The molecule has 3 rings (SSSR count). The van der Waals surface area contributed by atoms with Crippen molar-refractivity contribution in [2.24, 2.45) is 0 Å². The van der Waals surface area contributed by atoms with Gasteiger partial charge in [0.15, 0.2) is 0 Å². The highest BCUT2D eigenvalue weighted by atomic mass is 15.1. The standard InChI is InChI=1S/C13H12N4/c1-14-13-8-10(6-7-15-13)17-9-16-11-4-2-3-5-12(11)17/h2-9H,1H3,(H,14,15). The first-order valence-electron chi connectivity index (χ1n) is 5.45. The lowest BCUT2D eigenvalue weighted by atomic mass is 10.3. The second kappa shape index (κ2) is 3.90. The van der Waals surface area contributed by atoms with Gasteiger partial charge in [-0.25, -0.2) is 9.97 Å². The van der Waals surface area contributed by atoms with Gasteiger partial charge in [-0.15, -0.1) is 0 Å². The summed E-state index contributed by atoms with van der Waals surface area (Å²) in [5.74, 6) is 0.847. The number of para-hydroxylation sites is 2. The predicted octanol–water partition coefficient (Wildman–Crippen LogP) is 2.46. The van der Waals surface area contributed by atoms with Crippen LogP contribution in [0.2, 0.25) is 0 Å². The first-order chi connectivity index (χ1) is 8.38. The smallest absolute Gasteiger partial charge is 0.127 e. The second-order valence-electron chi connectivity index (χ2n) is 3.75. The molecular weight excluding hydrogens is 212 g/mol. The predicted molar refractivity (Wildman–Crippen MR) is 68.4 cm³/mol. The van der Waals surface area contributed by atoms with Gasteiger partial charge >= 0.3 is 0 Å². The number of pyridine rings is 1. The molecule has 0 unspecified atom stereocenters. The van der Waals surface area contributed by atoms with E-state index in [0.29, 0.717) is 0 Å². The Morgan fingerprint density at radius 2 is 2.00 bits per heavy atom. The maximum Gasteiger partial charge on any atom is 0.127 e. The Kier molecular flexibility index (Phi) is 2.26. The first-order valence-corrected chi connectivity index (χ1v) is 5.45. The van der Waals surface area contributed by atoms with Crippen LogP contribution in [0.4, 0.5) is 5.82 Å². The van der Waals surface area contributed by atoms with Gasteiger partial charge in [0, 0.05) is 19.3 Å². The largest absolute Gasteiger partial charge is 0.373 e. The highest BCUT2D eigenvalue weighted by Crippen LogP contribution is 2.18. The molecule has 1 aromatic carbocycles. The molecule has 3 aromatic rings. The minimum absolute atomic E-state index is 0.847. The Bertz CT molecular complexity index is 657. The summed E-state index contributed by atoms with van der Waals surface area (Å²) in [5.41, 5.74) is 3.15. The van der Waals surface area contributed by atoms with Crippen molar-refractivity contribution in [2.45, 2.75) is 0 Å². The van der Waals surface area contributed by atoms with Gasteiger partial charge in [-0.05, 0) is 18.2 Å². The van der Waals surface area contributed by atoms with Gasteiger partial charge in [0.1, 0.15) is 12.1 Å². The lowest BCUT2D eigenvalue weighted by Crippen LogP contribution is -1.96. The quantitative estimate of drug-likeness (QED) is 0.727. The van der Waals surface area contributed by atoms with E-state index in [4.69, 9.17) is 0 Å². The Morgan fingerprint density at radius 1 is 1.12 bits per heavy atom. The van der Waals surface area contributed by atoms with Crippen LogP contribution in [0.1, 0.15) is 0 Å². The van der Waals surface area contributed by atoms with Crippen molar-refractivity contribution in [3.63, 3.8) is 0 Å². The van der Waals surface area contributed by atoms with Crippen LogP contribution in [0.25, 0.3) is 16.7 Å². The average Bonchev–Trinajstić information content (AvgIpc) is 2.82. The third kappa shape index (κ3) is 1.63. The monoisotopic (exact) mass is 224 g/mol. The maximum atomic E-state index is 4.37. The lowest BCUT2D eigenvalue weighted by molar-refractivity contribution is 1.08. The number of hydrogen-bond donors (Lipinski definition) is 1. The number of nitrogens with one attached hydrogen (secondary N) is 1. The third-order valence-corrected chi connectivity index (χ3v) is 2.73. The molecule has 0 saturated carbocycles. The molecule has 0 aliphatic carbocycles. The molecule has 0 fully saturated rings. The summed E-state index contributed by atoms with van der Waals surface area (Å²) in [4.78, 5) is 8.58. The van der Waals surface area contributed by atoms with E-state index >= 15 is 0 Å². The summed E-state index contributed by atoms with van der Waals surface area (Å²) in [6, 6.07) is 12.0. The number of imidazole rings is 1. The van der Waals surface area contributed by atoms with Crippen LogP contribution >= 0.6 is 0 Å². The van der Waals surface area contributed by atoms with E-state index in [2.05, 4.69) is 25.9 Å². The van der Waals surface area contributed by atoms with Crippen LogP contribution < -0.4 is 5.32 Å². The molecule has 0 aliphatic heterocycles. The number of hydrogen-bond acceptors (Lipinski definition) is 3. The van der Waals surface area contributed by atoms with Crippen molar-refractivity contribution in [2.75, 3.05) is 12.4 Å². The van der Waals surface area contributed by atoms with Gasteiger partial charge in [-0.2, -0.15) is 0 Å². The molecule has 2 aromatic heterocycles. The molecular formula is C13H12N4. The van der Waals surface area contributed by atoms with Crippen molar-refractivity contribution in [3.8, 4) is 5.69 Å². The van der Waals surface area contributed by atoms with Gasteiger partial charge in [0.25, 0.3) is 0 Å². The van der Waals surface area contributed by atoms with E-state index in [1.807, 2.05) is 43.7 Å². The summed E-state index contributed by atoms with van der Waals surface area (Å²) in [6.07, 6.45) is 3.62. The summed E-state index contributed by atoms with van der Waals surface area (Å²) in [7, 11) is 1.86. The average molecular weight is 224 g/mol. The molecule has 0 bridgehead atoms. The van der Waals surface area contributed by atoms with E-state index in [-0.39, 0.29) is 0 Å². The molecule has 0 saturated heterocycles. The van der Waals surface area contributed by atoms with Crippen LogP contribution in [-0.4, -0.2) is 21.6 Å². The molecule has 0 amide bonds.